The number of aromatic nitrogens is 1. The molecule has 3 heteroatoms. The van der Waals surface area contributed by atoms with Crippen LogP contribution in [0.3, 0.4) is 0 Å². The fourth-order valence-electron chi connectivity index (χ4n) is 3.20. The van der Waals surface area contributed by atoms with E-state index in [0.717, 1.165) is 17.1 Å². The third-order valence-electron chi connectivity index (χ3n) is 4.48. The van der Waals surface area contributed by atoms with Crippen molar-refractivity contribution in [3.63, 3.8) is 0 Å². The van der Waals surface area contributed by atoms with Crippen LogP contribution in [0.1, 0.15) is 11.1 Å². The molecule has 0 aliphatic carbocycles. The number of aromatic amines is 1. The Kier molecular flexibility index (Phi) is 4.24. The zero-order valence-electron chi connectivity index (χ0n) is 14.1. The summed E-state index contributed by atoms with van der Waals surface area (Å²) in [6.07, 6.45) is 0. The highest BCUT2D eigenvalue weighted by Crippen LogP contribution is 2.32. The highest BCUT2D eigenvalue weighted by Gasteiger charge is 2.13. The van der Waals surface area contributed by atoms with Crippen LogP contribution >= 0.6 is 12.6 Å². The number of hydrogen-bond donors (Lipinski definition) is 3. The van der Waals surface area contributed by atoms with E-state index in [1.54, 1.807) is 0 Å². The number of nitrogens with one attached hydrogen (secondary N) is 2. The molecule has 2 nitrogen and oxygen atoms in total. The molecule has 0 fully saturated rings. The Morgan fingerprint density at radius 2 is 1.68 bits per heavy atom. The first kappa shape index (κ1) is 15.9. The minimum absolute atomic E-state index is 0.741. The molecule has 124 valence electrons. The van der Waals surface area contributed by atoms with Crippen molar-refractivity contribution in [3.8, 4) is 11.3 Å². The van der Waals surface area contributed by atoms with Crippen molar-refractivity contribution in [2.75, 3.05) is 5.32 Å². The number of anilines is 1. The molecule has 0 spiro atoms. The van der Waals surface area contributed by atoms with Gasteiger partial charge in [-0.05, 0) is 36.8 Å². The Labute approximate surface area is 153 Å². The summed E-state index contributed by atoms with van der Waals surface area (Å²) in [6.45, 7) is 2.88. The lowest BCUT2D eigenvalue weighted by atomic mass is 10.0. The third-order valence-corrected chi connectivity index (χ3v) is 4.87. The van der Waals surface area contributed by atoms with Crippen LogP contribution in [0.15, 0.2) is 77.7 Å². The normalized spacial score (nSPS) is 11.0. The first-order chi connectivity index (χ1) is 12.2. The molecule has 0 amide bonds. The van der Waals surface area contributed by atoms with Crippen LogP contribution in [0, 0.1) is 6.92 Å². The van der Waals surface area contributed by atoms with E-state index in [9.17, 15) is 0 Å². The van der Waals surface area contributed by atoms with Gasteiger partial charge in [-0.2, -0.15) is 0 Å². The van der Waals surface area contributed by atoms with Crippen molar-refractivity contribution in [3.05, 3.63) is 83.9 Å². The molecule has 2 N–H and O–H groups in total. The van der Waals surface area contributed by atoms with Gasteiger partial charge in [0.15, 0.2) is 0 Å². The van der Waals surface area contributed by atoms with E-state index < -0.39 is 0 Å². The van der Waals surface area contributed by atoms with Crippen molar-refractivity contribution in [1.82, 2.24) is 4.98 Å². The zero-order valence-corrected chi connectivity index (χ0v) is 15.0. The maximum atomic E-state index is 4.54. The standard InChI is InChI=1S/C22H20N2S/c1-15-11-12-19-17(13-15)18(14-23-20-9-5-6-10-21(20)25)22(24-19)16-7-3-2-4-8-16/h2-13,23-25H,14H2,1H3. The van der Waals surface area contributed by atoms with Crippen molar-refractivity contribution in [2.24, 2.45) is 0 Å². The molecule has 1 heterocycles. The van der Waals surface area contributed by atoms with Crippen molar-refractivity contribution < 1.29 is 0 Å². The Bertz CT molecular complexity index is 1020. The van der Waals surface area contributed by atoms with E-state index in [2.05, 4.69) is 78.4 Å². The van der Waals surface area contributed by atoms with E-state index >= 15 is 0 Å². The Balaban J connectivity index is 1.80. The van der Waals surface area contributed by atoms with Gasteiger partial charge in [-0.25, -0.2) is 0 Å². The zero-order chi connectivity index (χ0) is 17.2. The quantitative estimate of drug-likeness (QED) is 0.387. The highest BCUT2D eigenvalue weighted by molar-refractivity contribution is 7.80. The number of fused-ring (bicyclic) bond motifs is 1. The third kappa shape index (κ3) is 3.15. The lowest BCUT2D eigenvalue weighted by Crippen LogP contribution is -2.01. The average Bonchev–Trinajstić information content (AvgIpc) is 2.99. The second-order valence-electron chi connectivity index (χ2n) is 6.26. The first-order valence-electron chi connectivity index (χ1n) is 8.41. The molecule has 25 heavy (non-hydrogen) atoms. The van der Waals surface area contributed by atoms with Crippen LogP contribution in [-0.2, 0) is 6.54 Å². The second-order valence-corrected chi connectivity index (χ2v) is 6.75. The summed E-state index contributed by atoms with van der Waals surface area (Å²) in [5.74, 6) is 0. The van der Waals surface area contributed by atoms with Gasteiger partial charge in [-0.1, -0.05) is 54.1 Å². The van der Waals surface area contributed by atoms with Crippen LogP contribution in [0.5, 0.6) is 0 Å². The largest absolute Gasteiger partial charge is 0.380 e. The lowest BCUT2D eigenvalue weighted by Gasteiger charge is -2.10. The summed E-state index contributed by atoms with van der Waals surface area (Å²) < 4.78 is 0. The van der Waals surface area contributed by atoms with E-state index in [0.29, 0.717) is 0 Å². The molecular weight excluding hydrogens is 324 g/mol. The molecule has 0 radical (unpaired) electrons. The number of H-pyrrole nitrogens is 1. The molecular formula is C22H20N2S. The number of para-hydroxylation sites is 1. The van der Waals surface area contributed by atoms with Gasteiger partial charge in [0.2, 0.25) is 0 Å². The van der Waals surface area contributed by atoms with Crippen LogP contribution in [0.4, 0.5) is 5.69 Å². The van der Waals surface area contributed by atoms with Gasteiger partial charge in [0.25, 0.3) is 0 Å². The van der Waals surface area contributed by atoms with E-state index in [1.807, 2.05) is 24.3 Å². The smallest absolute Gasteiger partial charge is 0.0515 e. The average molecular weight is 344 g/mol. The van der Waals surface area contributed by atoms with Crippen LogP contribution in [-0.4, -0.2) is 4.98 Å². The van der Waals surface area contributed by atoms with Gasteiger partial charge in [-0.3, -0.25) is 0 Å². The van der Waals surface area contributed by atoms with Crippen LogP contribution in [0.25, 0.3) is 22.2 Å². The van der Waals surface area contributed by atoms with Crippen molar-refractivity contribution >= 4 is 29.2 Å². The first-order valence-corrected chi connectivity index (χ1v) is 8.85. The summed E-state index contributed by atoms with van der Waals surface area (Å²) in [5.41, 5.74) is 7.13. The molecule has 1 aromatic heterocycles. The van der Waals surface area contributed by atoms with Gasteiger partial charge in [0, 0.05) is 33.6 Å². The van der Waals surface area contributed by atoms with Gasteiger partial charge < -0.3 is 10.3 Å². The van der Waals surface area contributed by atoms with Gasteiger partial charge in [0.05, 0.1) is 5.69 Å². The maximum Gasteiger partial charge on any atom is 0.0515 e. The van der Waals surface area contributed by atoms with Crippen LogP contribution < -0.4 is 5.32 Å². The number of rotatable bonds is 4. The van der Waals surface area contributed by atoms with Crippen LogP contribution in [0.2, 0.25) is 0 Å². The summed E-state index contributed by atoms with van der Waals surface area (Å²) in [6, 6.07) is 25.1. The van der Waals surface area contributed by atoms with E-state index in [-0.39, 0.29) is 0 Å². The number of hydrogen-bond acceptors (Lipinski definition) is 2. The number of aryl methyl sites for hydroxylation is 1. The highest BCUT2D eigenvalue weighted by atomic mass is 32.1. The topological polar surface area (TPSA) is 27.8 Å². The predicted molar refractivity (Wildman–Crippen MR) is 109 cm³/mol. The fourth-order valence-corrected chi connectivity index (χ4v) is 3.44. The van der Waals surface area contributed by atoms with Crippen molar-refractivity contribution in [1.29, 1.82) is 0 Å². The molecule has 0 aliphatic heterocycles. The van der Waals surface area contributed by atoms with Gasteiger partial charge in [-0.15, -0.1) is 12.6 Å². The maximum absolute atomic E-state index is 4.54. The molecule has 4 aromatic rings. The summed E-state index contributed by atoms with van der Waals surface area (Å²) >= 11 is 4.54. The number of benzene rings is 3. The SMILES string of the molecule is Cc1ccc2[nH]c(-c3ccccc3)c(CNc3ccccc3S)c2c1. The summed E-state index contributed by atoms with van der Waals surface area (Å²) in [7, 11) is 0. The molecule has 0 atom stereocenters. The molecule has 3 aromatic carbocycles. The molecule has 0 bridgehead atoms. The minimum Gasteiger partial charge on any atom is -0.380 e. The molecule has 0 saturated heterocycles. The lowest BCUT2D eigenvalue weighted by molar-refractivity contribution is 1.15. The Morgan fingerprint density at radius 1 is 0.920 bits per heavy atom. The fraction of sp³-hybridized carbons (Fsp3) is 0.0909. The van der Waals surface area contributed by atoms with E-state index in [4.69, 9.17) is 0 Å². The molecule has 0 saturated carbocycles. The second kappa shape index (κ2) is 6.69. The molecule has 4 rings (SSSR count). The predicted octanol–water partition coefficient (Wildman–Crippen LogP) is 6.04. The van der Waals surface area contributed by atoms with Gasteiger partial charge >= 0.3 is 0 Å². The van der Waals surface area contributed by atoms with Crippen molar-refractivity contribution in [2.45, 2.75) is 18.4 Å². The minimum atomic E-state index is 0.741. The Hall–Kier alpha value is -2.65. The summed E-state index contributed by atoms with van der Waals surface area (Å²) in [4.78, 5) is 4.56. The van der Waals surface area contributed by atoms with Gasteiger partial charge in [0.1, 0.15) is 0 Å². The molecule has 0 unspecified atom stereocenters. The Morgan fingerprint density at radius 3 is 2.48 bits per heavy atom. The molecule has 0 aliphatic rings. The number of thiol groups is 1. The monoisotopic (exact) mass is 344 g/mol. The van der Waals surface area contributed by atoms with E-state index in [1.165, 1.54) is 33.3 Å². The summed E-state index contributed by atoms with van der Waals surface area (Å²) in [5, 5.41) is 4.81.